The first-order valence-electron chi connectivity index (χ1n) is 7.15. The van der Waals surface area contributed by atoms with E-state index in [2.05, 4.69) is 5.32 Å². The van der Waals surface area contributed by atoms with Gasteiger partial charge in [0.15, 0.2) is 9.84 Å². The van der Waals surface area contributed by atoms with Gasteiger partial charge < -0.3 is 5.32 Å². The van der Waals surface area contributed by atoms with Crippen molar-refractivity contribution in [3.05, 3.63) is 34.6 Å². The maximum atomic E-state index is 14.1. The molecule has 0 unspecified atom stereocenters. The Kier molecular flexibility index (Phi) is 5.12. The van der Waals surface area contributed by atoms with E-state index in [-0.39, 0.29) is 28.4 Å². The van der Waals surface area contributed by atoms with E-state index in [0.29, 0.717) is 12.0 Å². The van der Waals surface area contributed by atoms with Crippen molar-refractivity contribution in [2.24, 2.45) is 11.8 Å². The first kappa shape index (κ1) is 17.2. The van der Waals surface area contributed by atoms with Crippen LogP contribution in [-0.2, 0) is 14.6 Å². The summed E-state index contributed by atoms with van der Waals surface area (Å²) in [6, 6.07) is 3.81. The molecule has 1 aliphatic heterocycles. The Labute approximate surface area is 135 Å². The Bertz CT molecular complexity index is 675. The maximum absolute atomic E-state index is 14.1. The molecule has 0 aromatic heterocycles. The van der Waals surface area contributed by atoms with Gasteiger partial charge in [-0.3, -0.25) is 4.79 Å². The van der Waals surface area contributed by atoms with E-state index in [1.165, 1.54) is 6.07 Å². The normalized spacial score (nSPS) is 21.8. The number of carbonyl (C=O) groups excluding carboxylic acids is 1. The molecule has 0 radical (unpaired) electrons. The number of carbonyl (C=O) groups is 1. The summed E-state index contributed by atoms with van der Waals surface area (Å²) in [5.74, 6) is -1.52. The van der Waals surface area contributed by atoms with Crippen molar-refractivity contribution < 1.29 is 17.6 Å². The van der Waals surface area contributed by atoms with Crippen molar-refractivity contribution in [2.45, 2.75) is 26.3 Å². The van der Waals surface area contributed by atoms with Crippen LogP contribution in [0.2, 0.25) is 5.02 Å². The molecule has 2 atom stereocenters. The van der Waals surface area contributed by atoms with Gasteiger partial charge in [0.25, 0.3) is 0 Å². The number of nitrogens with one attached hydrogen (secondary N) is 1. The molecule has 1 amide bonds. The van der Waals surface area contributed by atoms with Crippen LogP contribution in [-0.4, -0.2) is 25.8 Å². The Morgan fingerprint density at radius 3 is 2.59 bits per heavy atom. The van der Waals surface area contributed by atoms with Gasteiger partial charge in [0.2, 0.25) is 5.91 Å². The minimum Gasteiger partial charge on any atom is -0.349 e. The lowest BCUT2D eigenvalue weighted by atomic mass is 9.94. The standard InChI is InChI=1S/C15H19ClFNO3S/c1-9(2)14(12-4-3-11(16)7-13(12)17)18-15(19)10-5-6-22(20,21)8-10/h3-4,7,9-10,14H,5-6,8H2,1-2H3,(H,18,19)/t10-,14-/m0/s1. The van der Waals surface area contributed by atoms with Crippen LogP contribution in [0.25, 0.3) is 0 Å². The van der Waals surface area contributed by atoms with Gasteiger partial charge in [0.1, 0.15) is 5.82 Å². The molecule has 1 heterocycles. The largest absolute Gasteiger partial charge is 0.349 e. The zero-order valence-corrected chi connectivity index (χ0v) is 14.0. The summed E-state index contributed by atoms with van der Waals surface area (Å²) in [5, 5.41) is 3.08. The number of rotatable bonds is 4. The molecule has 1 N–H and O–H groups in total. The molecule has 1 fully saturated rings. The van der Waals surface area contributed by atoms with Crippen molar-refractivity contribution in [2.75, 3.05) is 11.5 Å². The molecule has 7 heteroatoms. The van der Waals surface area contributed by atoms with Gasteiger partial charge >= 0.3 is 0 Å². The van der Waals surface area contributed by atoms with Crippen LogP contribution in [0.1, 0.15) is 31.9 Å². The molecule has 122 valence electrons. The minimum absolute atomic E-state index is 0.0345. The van der Waals surface area contributed by atoms with Crippen LogP contribution in [0.4, 0.5) is 4.39 Å². The smallest absolute Gasteiger partial charge is 0.224 e. The highest BCUT2D eigenvalue weighted by molar-refractivity contribution is 7.91. The lowest BCUT2D eigenvalue weighted by molar-refractivity contribution is -0.125. The Balaban J connectivity index is 2.17. The van der Waals surface area contributed by atoms with Crippen LogP contribution in [0.5, 0.6) is 0 Å². The quantitative estimate of drug-likeness (QED) is 0.910. The third-order valence-electron chi connectivity index (χ3n) is 3.87. The lowest BCUT2D eigenvalue weighted by Gasteiger charge is -2.25. The number of halogens is 2. The van der Waals surface area contributed by atoms with Crippen molar-refractivity contribution >= 4 is 27.3 Å². The molecular formula is C15H19ClFNO3S. The Morgan fingerprint density at radius 2 is 2.09 bits per heavy atom. The third-order valence-corrected chi connectivity index (χ3v) is 5.87. The second-order valence-electron chi connectivity index (χ2n) is 6.00. The van der Waals surface area contributed by atoms with Crippen molar-refractivity contribution in [1.29, 1.82) is 0 Å². The van der Waals surface area contributed by atoms with Gasteiger partial charge in [-0.15, -0.1) is 0 Å². The van der Waals surface area contributed by atoms with Crippen molar-refractivity contribution in [3.8, 4) is 0 Å². The average Bonchev–Trinajstić information content (AvgIpc) is 2.77. The molecule has 4 nitrogen and oxygen atoms in total. The van der Waals surface area contributed by atoms with E-state index in [1.54, 1.807) is 12.1 Å². The number of sulfone groups is 1. The molecule has 1 saturated heterocycles. The number of hydrogen-bond acceptors (Lipinski definition) is 3. The zero-order chi connectivity index (χ0) is 16.5. The molecular weight excluding hydrogens is 329 g/mol. The Hall–Kier alpha value is -1.14. The number of hydrogen-bond donors (Lipinski definition) is 1. The van der Waals surface area contributed by atoms with Gasteiger partial charge in [-0.25, -0.2) is 12.8 Å². The summed E-state index contributed by atoms with van der Waals surface area (Å²) < 4.78 is 37.0. The molecule has 0 aliphatic carbocycles. The summed E-state index contributed by atoms with van der Waals surface area (Å²) in [5.41, 5.74) is 0.355. The predicted molar refractivity (Wildman–Crippen MR) is 83.9 cm³/mol. The fraction of sp³-hybridized carbons (Fsp3) is 0.533. The molecule has 0 spiro atoms. The summed E-state index contributed by atoms with van der Waals surface area (Å²) in [6.07, 6.45) is 0.322. The summed E-state index contributed by atoms with van der Waals surface area (Å²) in [6.45, 7) is 3.73. The van der Waals surface area contributed by atoms with Gasteiger partial charge in [-0.1, -0.05) is 31.5 Å². The van der Waals surface area contributed by atoms with Crippen LogP contribution in [0.15, 0.2) is 18.2 Å². The van der Waals surface area contributed by atoms with E-state index in [4.69, 9.17) is 11.6 Å². The SMILES string of the molecule is CC(C)[C@H](NC(=O)[C@H]1CCS(=O)(=O)C1)c1ccc(Cl)cc1F. The first-order valence-corrected chi connectivity index (χ1v) is 9.35. The molecule has 2 rings (SSSR count). The van der Waals surface area contributed by atoms with E-state index in [1.807, 2.05) is 13.8 Å². The zero-order valence-electron chi connectivity index (χ0n) is 12.5. The number of benzene rings is 1. The van der Waals surface area contributed by atoms with Crippen LogP contribution in [0, 0.1) is 17.7 Å². The van der Waals surface area contributed by atoms with Crippen LogP contribution >= 0.6 is 11.6 Å². The van der Waals surface area contributed by atoms with Crippen LogP contribution < -0.4 is 5.32 Å². The molecule has 1 aliphatic rings. The predicted octanol–water partition coefficient (Wildman–Crippen LogP) is 2.73. The van der Waals surface area contributed by atoms with Gasteiger partial charge in [0.05, 0.1) is 23.5 Å². The molecule has 0 saturated carbocycles. The summed E-state index contributed by atoms with van der Waals surface area (Å²) in [4.78, 5) is 12.3. The van der Waals surface area contributed by atoms with E-state index >= 15 is 0 Å². The highest BCUT2D eigenvalue weighted by Crippen LogP contribution is 2.28. The topological polar surface area (TPSA) is 63.2 Å². The summed E-state index contributed by atoms with van der Waals surface area (Å²) >= 11 is 5.75. The average molecular weight is 348 g/mol. The third kappa shape index (κ3) is 3.98. The first-order chi connectivity index (χ1) is 10.2. The molecule has 22 heavy (non-hydrogen) atoms. The fourth-order valence-electron chi connectivity index (χ4n) is 2.63. The lowest BCUT2D eigenvalue weighted by Crippen LogP contribution is -2.37. The second kappa shape index (κ2) is 6.54. The van der Waals surface area contributed by atoms with E-state index in [0.717, 1.165) is 0 Å². The fourth-order valence-corrected chi connectivity index (χ4v) is 4.53. The van der Waals surface area contributed by atoms with E-state index < -0.39 is 27.6 Å². The van der Waals surface area contributed by atoms with Gasteiger partial charge in [0, 0.05) is 10.6 Å². The van der Waals surface area contributed by atoms with Gasteiger partial charge in [-0.2, -0.15) is 0 Å². The molecule has 1 aromatic carbocycles. The van der Waals surface area contributed by atoms with Crippen LogP contribution in [0.3, 0.4) is 0 Å². The number of amides is 1. The Morgan fingerprint density at radius 1 is 1.41 bits per heavy atom. The highest BCUT2D eigenvalue weighted by atomic mass is 35.5. The van der Waals surface area contributed by atoms with Gasteiger partial charge in [-0.05, 0) is 24.5 Å². The van der Waals surface area contributed by atoms with Crippen molar-refractivity contribution in [1.82, 2.24) is 5.32 Å². The molecule has 1 aromatic rings. The monoisotopic (exact) mass is 347 g/mol. The summed E-state index contributed by atoms with van der Waals surface area (Å²) in [7, 11) is -3.13. The minimum atomic E-state index is -3.13. The molecule has 0 bridgehead atoms. The van der Waals surface area contributed by atoms with Crippen molar-refractivity contribution in [3.63, 3.8) is 0 Å². The second-order valence-corrected chi connectivity index (χ2v) is 8.66. The highest BCUT2D eigenvalue weighted by Gasteiger charge is 2.34. The van der Waals surface area contributed by atoms with E-state index in [9.17, 15) is 17.6 Å². The maximum Gasteiger partial charge on any atom is 0.224 e.